The van der Waals surface area contributed by atoms with Gasteiger partial charge in [-0.3, -0.25) is 0 Å². The summed E-state index contributed by atoms with van der Waals surface area (Å²) in [5.41, 5.74) is 1.02. The number of aliphatic hydroxyl groups is 1. The van der Waals surface area contributed by atoms with Crippen molar-refractivity contribution < 1.29 is 5.11 Å². The van der Waals surface area contributed by atoms with Gasteiger partial charge in [0.1, 0.15) is 0 Å². The molecule has 0 heterocycles. The van der Waals surface area contributed by atoms with Crippen molar-refractivity contribution in [2.45, 2.75) is 70.3 Å². The molecule has 1 N–H and O–H groups in total. The van der Waals surface area contributed by atoms with Gasteiger partial charge in [0.25, 0.3) is 0 Å². The van der Waals surface area contributed by atoms with Gasteiger partial charge in [-0.1, -0.05) is 56.5 Å². The Morgan fingerprint density at radius 1 is 1.16 bits per heavy atom. The average Bonchev–Trinajstić information content (AvgIpc) is 2.62. The second-order valence-electron chi connectivity index (χ2n) is 6.27. The molecule has 2 unspecified atom stereocenters. The predicted molar refractivity (Wildman–Crippen MR) is 81.2 cm³/mol. The Morgan fingerprint density at radius 3 is 2.68 bits per heavy atom. The molecule has 1 aromatic carbocycles. The van der Waals surface area contributed by atoms with Crippen molar-refractivity contribution in [1.29, 1.82) is 0 Å². The van der Waals surface area contributed by atoms with Crippen LogP contribution in [-0.2, 0) is 6.42 Å². The third-order valence-electron chi connectivity index (χ3n) is 4.80. The largest absolute Gasteiger partial charge is 0.390 e. The van der Waals surface area contributed by atoms with Gasteiger partial charge in [0, 0.05) is 0 Å². The summed E-state index contributed by atoms with van der Waals surface area (Å²) in [6.45, 7) is 2.28. The molecule has 0 spiro atoms. The van der Waals surface area contributed by atoms with Crippen LogP contribution in [0.15, 0.2) is 30.3 Å². The normalized spacial score (nSPS) is 28.0. The summed E-state index contributed by atoms with van der Waals surface area (Å²) in [6.07, 6.45) is 10.2. The van der Waals surface area contributed by atoms with Gasteiger partial charge in [-0.25, -0.2) is 0 Å². The molecule has 2 rings (SSSR count). The van der Waals surface area contributed by atoms with Crippen molar-refractivity contribution in [2.75, 3.05) is 0 Å². The van der Waals surface area contributed by atoms with Crippen molar-refractivity contribution in [1.82, 2.24) is 0 Å². The van der Waals surface area contributed by atoms with Gasteiger partial charge >= 0.3 is 0 Å². The van der Waals surface area contributed by atoms with Gasteiger partial charge in [0.15, 0.2) is 0 Å². The minimum atomic E-state index is -0.376. The topological polar surface area (TPSA) is 20.2 Å². The van der Waals surface area contributed by atoms with Crippen LogP contribution in [0.4, 0.5) is 0 Å². The van der Waals surface area contributed by atoms with Crippen LogP contribution >= 0.6 is 0 Å². The molecule has 1 nitrogen and oxygen atoms in total. The molecular formula is C18H28O. The summed E-state index contributed by atoms with van der Waals surface area (Å²) >= 11 is 0. The lowest BCUT2D eigenvalue weighted by Gasteiger charge is -2.26. The molecule has 1 aliphatic carbocycles. The second-order valence-corrected chi connectivity index (χ2v) is 6.27. The smallest absolute Gasteiger partial charge is 0.0648 e. The number of aryl methyl sites for hydroxylation is 1. The third kappa shape index (κ3) is 4.65. The predicted octanol–water partition coefficient (Wildman–Crippen LogP) is 4.73. The van der Waals surface area contributed by atoms with Gasteiger partial charge in [-0.05, 0) is 50.0 Å². The lowest BCUT2D eigenvalue weighted by molar-refractivity contribution is 0.0137. The first-order valence-electron chi connectivity index (χ1n) is 7.98. The van der Waals surface area contributed by atoms with Crippen molar-refractivity contribution in [3.8, 4) is 0 Å². The number of rotatable bonds is 5. The Labute approximate surface area is 118 Å². The molecule has 1 aliphatic rings. The van der Waals surface area contributed by atoms with Crippen LogP contribution < -0.4 is 0 Å². The lowest BCUT2D eigenvalue weighted by Crippen LogP contribution is -2.27. The molecule has 19 heavy (non-hydrogen) atoms. The zero-order valence-corrected chi connectivity index (χ0v) is 12.3. The van der Waals surface area contributed by atoms with Gasteiger partial charge in [0.05, 0.1) is 5.60 Å². The van der Waals surface area contributed by atoms with Crippen LogP contribution in [0.5, 0.6) is 0 Å². The Morgan fingerprint density at radius 2 is 1.95 bits per heavy atom. The Kier molecular flexibility index (Phi) is 5.45. The number of hydrogen-bond donors (Lipinski definition) is 1. The molecule has 1 heteroatoms. The van der Waals surface area contributed by atoms with Gasteiger partial charge in [-0.15, -0.1) is 0 Å². The van der Waals surface area contributed by atoms with Gasteiger partial charge < -0.3 is 5.11 Å². The van der Waals surface area contributed by atoms with E-state index in [-0.39, 0.29) is 5.60 Å². The molecule has 0 aliphatic heterocycles. The van der Waals surface area contributed by atoms with Crippen LogP contribution in [0.3, 0.4) is 0 Å². The quantitative estimate of drug-likeness (QED) is 0.759. The van der Waals surface area contributed by atoms with E-state index in [9.17, 15) is 5.11 Å². The highest BCUT2D eigenvalue weighted by Gasteiger charge is 2.29. The van der Waals surface area contributed by atoms with Crippen molar-refractivity contribution in [3.05, 3.63) is 35.9 Å². The molecule has 1 aromatic rings. The number of benzene rings is 1. The molecule has 1 saturated carbocycles. The van der Waals surface area contributed by atoms with E-state index in [0.717, 1.165) is 38.0 Å². The summed E-state index contributed by atoms with van der Waals surface area (Å²) in [5, 5.41) is 10.7. The van der Waals surface area contributed by atoms with Crippen LogP contribution in [-0.4, -0.2) is 10.7 Å². The summed E-state index contributed by atoms with van der Waals surface area (Å²) < 4.78 is 0. The minimum absolute atomic E-state index is 0.376. The SMILES string of the molecule is CCC1CCCC(O)(CCCc2ccccc2)CC1. The van der Waals surface area contributed by atoms with E-state index in [2.05, 4.69) is 37.3 Å². The van der Waals surface area contributed by atoms with Crippen LogP contribution in [0.1, 0.15) is 63.9 Å². The van der Waals surface area contributed by atoms with Crippen LogP contribution in [0, 0.1) is 5.92 Å². The average molecular weight is 260 g/mol. The van der Waals surface area contributed by atoms with Crippen molar-refractivity contribution in [3.63, 3.8) is 0 Å². The highest BCUT2D eigenvalue weighted by Crippen LogP contribution is 2.34. The molecule has 2 atom stereocenters. The standard InChI is InChI=1S/C18H28O/c1-2-16-10-6-13-18(19,15-12-16)14-7-11-17-8-4-3-5-9-17/h3-5,8-9,16,19H,2,6-7,10-15H2,1H3. The summed E-state index contributed by atoms with van der Waals surface area (Å²) in [4.78, 5) is 0. The first kappa shape index (κ1) is 14.6. The Bertz CT molecular complexity index is 359. The van der Waals surface area contributed by atoms with E-state index in [1.807, 2.05) is 0 Å². The molecule has 0 radical (unpaired) electrons. The maximum atomic E-state index is 10.7. The van der Waals surface area contributed by atoms with Crippen LogP contribution in [0.2, 0.25) is 0 Å². The highest BCUT2D eigenvalue weighted by atomic mass is 16.3. The zero-order chi connectivity index (χ0) is 13.6. The third-order valence-corrected chi connectivity index (χ3v) is 4.80. The molecule has 0 saturated heterocycles. The fourth-order valence-corrected chi connectivity index (χ4v) is 3.39. The molecule has 0 bridgehead atoms. The maximum Gasteiger partial charge on any atom is 0.0648 e. The first-order valence-corrected chi connectivity index (χ1v) is 7.98. The monoisotopic (exact) mass is 260 g/mol. The van der Waals surface area contributed by atoms with E-state index in [1.165, 1.54) is 31.2 Å². The molecule has 0 aromatic heterocycles. The van der Waals surface area contributed by atoms with E-state index < -0.39 is 0 Å². The summed E-state index contributed by atoms with van der Waals surface area (Å²) in [7, 11) is 0. The molecule has 106 valence electrons. The Hall–Kier alpha value is -0.820. The number of hydrogen-bond acceptors (Lipinski definition) is 1. The van der Waals surface area contributed by atoms with Gasteiger partial charge in [-0.2, -0.15) is 0 Å². The summed E-state index contributed by atoms with van der Waals surface area (Å²) in [5.74, 6) is 0.850. The molecular weight excluding hydrogens is 232 g/mol. The minimum Gasteiger partial charge on any atom is -0.390 e. The van der Waals surface area contributed by atoms with Crippen LogP contribution in [0.25, 0.3) is 0 Å². The fraction of sp³-hybridized carbons (Fsp3) is 0.667. The highest BCUT2D eigenvalue weighted by molar-refractivity contribution is 5.14. The molecule has 0 amide bonds. The van der Waals surface area contributed by atoms with E-state index in [1.54, 1.807) is 0 Å². The van der Waals surface area contributed by atoms with Crippen molar-refractivity contribution >= 4 is 0 Å². The van der Waals surface area contributed by atoms with Gasteiger partial charge in [0.2, 0.25) is 0 Å². The van der Waals surface area contributed by atoms with E-state index in [4.69, 9.17) is 0 Å². The second kappa shape index (κ2) is 7.09. The first-order chi connectivity index (χ1) is 9.22. The lowest BCUT2D eigenvalue weighted by atomic mass is 9.87. The molecule has 1 fully saturated rings. The van der Waals surface area contributed by atoms with E-state index in [0.29, 0.717) is 0 Å². The van der Waals surface area contributed by atoms with Crippen molar-refractivity contribution in [2.24, 2.45) is 5.92 Å². The zero-order valence-electron chi connectivity index (χ0n) is 12.3. The van der Waals surface area contributed by atoms with E-state index >= 15 is 0 Å². The maximum absolute atomic E-state index is 10.7. The summed E-state index contributed by atoms with van der Waals surface area (Å²) in [6, 6.07) is 10.6. The Balaban J connectivity index is 1.78. The fourth-order valence-electron chi connectivity index (χ4n) is 3.39.